The van der Waals surface area contributed by atoms with E-state index in [1.54, 1.807) is 5.38 Å². The molecule has 6 nitrogen and oxygen atoms in total. The Kier molecular flexibility index (Phi) is 8.88. The second kappa shape index (κ2) is 10.1. The van der Waals surface area contributed by atoms with Crippen LogP contribution >= 0.6 is 35.1 Å². The van der Waals surface area contributed by atoms with Crippen molar-refractivity contribution < 1.29 is 13.2 Å². The van der Waals surface area contributed by atoms with E-state index in [1.165, 1.54) is 17.4 Å². The van der Waals surface area contributed by atoms with Crippen LogP contribution in [-0.2, 0) is 16.6 Å². The van der Waals surface area contributed by atoms with Gasteiger partial charge in [-0.2, -0.15) is 0 Å². The van der Waals surface area contributed by atoms with Gasteiger partial charge in [0.25, 0.3) is 5.91 Å². The molecule has 2 heterocycles. The third kappa shape index (κ3) is 5.83. The molecule has 0 saturated heterocycles. The maximum Gasteiger partial charge on any atom is 0.262 e. The number of carbonyl (C=O) groups is 1. The van der Waals surface area contributed by atoms with E-state index in [0.29, 0.717) is 6.54 Å². The lowest BCUT2D eigenvalue weighted by Crippen LogP contribution is -2.29. The molecule has 1 amide bonds. The molecule has 0 unspecified atom stereocenters. The summed E-state index contributed by atoms with van der Waals surface area (Å²) in [5, 5.41) is 9.23. The first-order valence-corrected chi connectivity index (χ1v) is 10.3. The van der Waals surface area contributed by atoms with E-state index in [1.807, 2.05) is 24.6 Å². The Morgan fingerprint density at radius 1 is 1.17 bits per heavy atom. The van der Waals surface area contributed by atoms with E-state index in [-0.39, 0.29) is 34.6 Å². The molecule has 2 aromatic heterocycles. The van der Waals surface area contributed by atoms with Gasteiger partial charge in [-0.25, -0.2) is 13.1 Å². The third-order valence-electron chi connectivity index (χ3n) is 3.03. The zero-order valence-corrected chi connectivity index (χ0v) is 16.3. The molecule has 0 atom stereocenters. The smallest absolute Gasteiger partial charge is 0.262 e. The van der Waals surface area contributed by atoms with Crippen molar-refractivity contribution in [3.63, 3.8) is 0 Å². The van der Waals surface area contributed by atoms with E-state index < -0.39 is 10.0 Å². The lowest BCUT2D eigenvalue weighted by atomic mass is 10.4. The maximum absolute atomic E-state index is 12.4. The van der Waals surface area contributed by atoms with Crippen LogP contribution in [0.2, 0.25) is 0 Å². The molecule has 134 valence electrons. The summed E-state index contributed by atoms with van der Waals surface area (Å²) >= 11 is 2.60. The number of nitrogens with one attached hydrogen (secondary N) is 3. The minimum Gasteiger partial charge on any atom is -0.351 e. The number of carbonyl (C=O) groups excluding carboxylic acids is 1. The summed E-state index contributed by atoms with van der Waals surface area (Å²) in [5.41, 5.74) is 0. The standard InChI is InChI=1S/C14H19N3O3S3.ClH/c1-15-6-3-7-16-14(18)13-12(5-9-22-13)23(19,20)17-10-11-4-2-8-21-11;/h2,4-5,8-9,15,17H,3,6-7,10H2,1H3,(H,16,18);1H. The summed E-state index contributed by atoms with van der Waals surface area (Å²) in [6.07, 6.45) is 0.784. The molecule has 10 heteroatoms. The fourth-order valence-electron chi connectivity index (χ4n) is 1.88. The lowest BCUT2D eigenvalue weighted by molar-refractivity contribution is 0.0954. The summed E-state index contributed by atoms with van der Waals surface area (Å²) in [6, 6.07) is 5.18. The van der Waals surface area contributed by atoms with Crippen molar-refractivity contribution in [2.45, 2.75) is 17.9 Å². The summed E-state index contributed by atoms with van der Waals surface area (Å²) in [4.78, 5) is 13.3. The molecule has 0 aliphatic heterocycles. The minimum absolute atomic E-state index is 0. The fraction of sp³-hybridized carbons (Fsp3) is 0.357. The van der Waals surface area contributed by atoms with E-state index in [9.17, 15) is 13.2 Å². The normalized spacial score (nSPS) is 11.0. The zero-order valence-electron chi connectivity index (χ0n) is 13.1. The van der Waals surface area contributed by atoms with E-state index in [0.717, 1.165) is 29.2 Å². The van der Waals surface area contributed by atoms with Crippen molar-refractivity contribution in [1.82, 2.24) is 15.4 Å². The second-order valence-corrected chi connectivity index (χ2v) is 8.41. The second-order valence-electron chi connectivity index (χ2n) is 4.73. The first-order chi connectivity index (χ1) is 11.0. The Morgan fingerprint density at radius 3 is 2.62 bits per heavy atom. The molecule has 3 N–H and O–H groups in total. The van der Waals surface area contributed by atoms with Gasteiger partial charge in [0.1, 0.15) is 9.77 Å². The monoisotopic (exact) mass is 409 g/mol. The van der Waals surface area contributed by atoms with Crippen molar-refractivity contribution >= 4 is 51.0 Å². The maximum atomic E-state index is 12.4. The zero-order chi connectivity index (χ0) is 16.7. The molecule has 2 aromatic rings. The number of rotatable bonds is 9. The highest BCUT2D eigenvalue weighted by Crippen LogP contribution is 2.22. The van der Waals surface area contributed by atoms with Gasteiger partial charge < -0.3 is 10.6 Å². The molecule has 0 fully saturated rings. The molecule has 2 rings (SSSR count). The Balaban J connectivity index is 0.00000288. The summed E-state index contributed by atoms with van der Waals surface area (Å²) in [5.74, 6) is -0.354. The van der Waals surface area contributed by atoms with Crippen molar-refractivity contribution in [3.8, 4) is 0 Å². The molecule has 0 aromatic carbocycles. The van der Waals surface area contributed by atoms with Crippen LogP contribution in [0.25, 0.3) is 0 Å². The van der Waals surface area contributed by atoms with Crippen LogP contribution in [0.5, 0.6) is 0 Å². The van der Waals surface area contributed by atoms with Crippen LogP contribution in [0, 0.1) is 0 Å². The molecular weight excluding hydrogens is 390 g/mol. The molecular formula is C14H20ClN3O3S3. The van der Waals surface area contributed by atoms with Crippen molar-refractivity contribution in [1.29, 1.82) is 0 Å². The van der Waals surface area contributed by atoms with Gasteiger partial charge >= 0.3 is 0 Å². The molecule has 0 aliphatic carbocycles. The first kappa shape index (κ1) is 21.1. The topological polar surface area (TPSA) is 87.3 Å². The molecule has 0 spiro atoms. The van der Waals surface area contributed by atoms with Crippen LogP contribution in [0.3, 0.4) is 0 Å². The Hall–Kier alpha value is -0.970. The Labute approximate surface area is 156 Å². The quantitative estimate of drug-likeness (QED) is 0.553. The Morgan fingerprint density at radius 2 is 1.96 bits per heavy atom. The number of hydrogen-bond acceptors (Lipinski definition) is 6. The summed E-state index contributed by atoms with van der Waals surface area (Å²) in [6.45, 7) is 1.51. The van der Waals surface area contributed by atoms with Gasteiger partial charge in [-0.15, -0.1) is 35.1 Å². The molecule has 0 saturated carbocycles. The minimum atomic E-state index is -3.71. The van der Waals surface area contributed by atoms with Crippen molar-refractivity contribution in [2.75, 3.05) is 20.1 Å². The lowest BCUT2D eigenvalue weighted by Gasteiger charge is -2.08. The Bertz CT molecular complexity index is 730. The van der Waals surface area contributed by atoms with Gasteiger partial charge in [0, 0.05) is 18.0 Å². The molecule has 0 aliphatic rings. The number of amides is 1. The number of sulfonamides is 1. The van der Waals surface area contributed by atoms with Gasteiger partial charge in [-0.3, -0.25) is 4.79 Å². The van der Waals surface area contributed by atoms with Crippen molar-refractivity contribution in [2.24, 2.45) is 0 Å². The number of thiophene rings is 2. The number of hydrogen-bond donors (Lipinski definition) is 3. The van der Waals surface area contributed by atoms with Crippen molar-refractivity contribution in [3.05, 3.63) is 38.7 Å². The summed E-state index contributed by atoms with van der Waals surface area (Å²) in [7, 11) is -1.87. The highest BCUT2D eigenvalue weighted by atomic mass is 35.5. The van der Waals surface area contributed by atoms with Gasteiger partial charge in [-0.1, -0.05) is 6.07 Å². The van der Waals surface area contributed by atoms with Crippen LogP contribution in [-0.4, -0.2) is 34.5 Å². The molecule has 0 radical (unpaired) electrons. The van der Waals surface area contributed by atoms with Crippen LogP contribution in [0.4, 0.5) is 0 Å². The third-order valence-corrected chi connectivity index (χ3v) is 6.39. The van der Waals surface area contributed by atoms with Gasteiger partial charge in [-0.05, 0) is 42.9 Å². The van der Waals surface area contributed by atoms with E-state index in [2.05, 4.69) is 15.4 Å². The first-order valence-electron chi connectivity index (χ1n) is 7.07. The molecule has 24 heavy (non-hydrogen) atoms. The SMILES string of the molecule is CNCCCNC(=O)c1sccc1S(=O)(=O)NCc1cccs1.Cl. The van der Waals surface area contributed by atoms with Gasteiger partial charge in [0.05, 0.1) is 0 Å². The largest absolute Gasteiger partial charge is 0.351 e. The molecule has 0 bridgehead atoms. The summed E-state index contributed by atoms with van der Waals surface area (Å²) < 4.78 is 27.3. The average Bonchev–Trinajstić information content (AvgIpc) is 3.20. The van der Waals surface area contributed by atoms with Crippen LogP contribution in [0.15, 0.2) is 33.9 Å². The highest BCUT2D eigenvalue weighted by molar-refractivity contribution is 7.89. The number of halogens is 1. The van der Waals surface area contributed by atoms with Gasteiger partial charge in [0.15, 0.2) is 0 Å². The van der Waals surface area contributed by atoms with Gasteiger partial charge in [0.2, 0.25) is 10.0 Å². The highest BCUT2D eigenvalue weighted by Gasteiger charge is 2.23. The van der Waals surface area contributed by atoms with Crippen LogP contribution in [0.1, 0.15) is 21.0 Å². The predicted molar refractivity (Wildman–Crippen MR) is 101 cm³/mol. The fourth-order valence-corrected chi connectivity index (χ4v) is 4.96. The van der Waals surface area contributed by atoms with E-state index in [4.69, 9.17) is 0 Å². The predicted octanol–water partition coefficient (Wildman–Crippen LogP) is 2.05. The van der Waals surface area contributed by atoms with E-state index >= 15 is 0 Å². The average molecular weight is 410 g/mol. The van der Waals surface area contributed by atoms with Crippen LogP contribution < -0.4 is 15.4 Å².